The molecule has 2 unspecified atom stereocenters. The normalized spacial score (nSPS) is 24.2. The number of thiophene rings is 1. The Morgan fingerprint density at radius 1 is 1.54 bits per heavy atom. The van der Waals surface area contributed by atoms with E-state index in [1.165, 1.54) is 18.4 Å². The van der Waals surface area contributed by atoms with Crippen molar-refractivity contribution in [3.8, 4) is 0 Å². The van der Waals surface area contributed by atoms with E-state index in [1.807, 2.05) is 0 Å². The van der Waals surface area contributed by atoms with E-state index in [4.69, 9.17) is 16.3 Å². The fourth-order valence-corrected chi connectivity index (χ4v) is 5.72. The summed E-state index contributed by atoms with van der Waals surface area (Å²) in [5.74, 6) is -0.812. The maximum atomic E-state index is 12.1. The minimum Gasteiger partial charge on any atom is -0.469 e. The highest BCUT2D eigenvalue weighted by molar-refractivity contribution is 9.11. The molecule has 26 heavy (non-hydrogen) atoms. The number of aliphatic hydroxyl groups is 1. The van der Waals surface area contributed by atoms with Crippen LogP contribution in [-0.4, -0.2) is 23.9 Å². The minimum absolute atomic E-state index is 0.0783. The molecule has 0 amide bonds. The summed E-state index contributed by atoms with van der Waals surface area (Å²) in [5, 5.41) is 11.3. The molecule has 2 aliphatic rings. The van der Waals surface area contributed by atoms with Gasteiger partial charge >= 0.3 is 5.97 Å². The summed E-state index contributed by atoms with van der Waals surface area (Å²) in [6, 6.07) is 0. The zero-order valence-electron chi connectivity index (χ0n) is 14.9. The highest BCUT2D eigenvalue weighted by Gasteiger charge is 2.33. The second-order valence-electron chi connectivity index (χ2n) is 7.14. The van der Waals surface area contributed by atoms with E-state index in [0.717, 1.165) is 27.8 Å². The number of allylic oxidation sites excluding steroid dienone is 3. The smallest absolute Gasteiger partial charge is 0.314 e. The third-order valence-electron chi connectivity index (χ3n) is 4.80. The van der Waals surface area contributed by atoms with Gasteiger partial charge in [0, 0.05) is 4.88 Å². The lowest BCUT2D eigenvalue weighted by Gasteiger charge is -2.27. The Kier molecular flexibility index (Phi) is 5.78. The maximum absolute atomic E-state index is 12.1. The van der Waals surface area contributed by atoms with Crippen LogP contribution < -0.4 is 0 Å². The number of fused-ring (bicyclic) bond motifs is 1. The number of rotatable bonds is 3. The van der Waals surface area contributed by atoms with E-state index in [9.17, 15) is 9.90 Å². The maximum Gasteiger partial charge on any atom is 0.314 e. The molecule has 1 N–H and O–H groups in total. The number of aliphatic hydroxyl groups excluding tert-OH is 1. The molecule has 4 nitrogen and oxygen atoms in total. The summed E-state index contributed by atoms with van der Waals surface area (Å²) in [6.07, 6.45) is 7.10. The van der Waals surface area contributed by atoms with E-state index in [1.54, 1.807) is 6.08 Å². The van der Waals surface area contributed by atoms with Crippen molar-refractivity contribution in [1.29, 1.82) is 0 Å². The molecule has 3 rings (SSSR count). The zero-order chi connectivity index (χ0) is 19.1. The van der Waals surface area contributed by atoms with Crippen LogP contribution in [0.15, 0.2) is 21.6 Å². The van der Waals surface area contributed by atoms with Gasteiger partial charge in [-0.05, 0) is 46.9 Å². The third-order valence-corrected chi connectivity index (χ3v) is 7.13. The van der Waals surface area contributed by atoms with Crippen LogP contribution in [0.2, 0.25) is 5.02 Å². The summed E-state index contributed by atoms with van der Waals surface area (Å²) in [7, 11) is 1.36. The lowest BCUT2D eigenvalue weighted by atomic mass is 9.79. The van der Waals surface area contributed by atoms with Gasteiger partial charge in [-0.15, -0.1) is 11.3 Å². The van der Waals surface area contributed by atoms with Gasteiger partial charge in [0.15, 0.2) is 6.23 Å². The first-order valence-corrected chi connectivity index (χ1v) is 10.4. The fourth-order valence-electron chi connectivity index (χ4n) is 3.39. The first-order valence-electron chi connectivity index (χ1n) is 8.43. The molecule has 1 aromatic heterocycles. The monoisotopic (exact) mass is 457 g/mol. The highest BCUT2D eigenvalue weighted by atomic mass is 79.9. The van der Waals surface area contributed by atoms with Gasteiger partial charge in [0.2, 0.25) is 0 Å². The van der Waals surface area contributed by atoms with Gasteiger partial charge in [0.05, 0.1) is 28.6 Å². The summed E-state index contributed by atoms with van der Waals surface area (Å²) in [6.45, 7) is 4.29. The Morgan fingerprint density at radius 2 is 2.27 bits per heavy atom. The Bertz CT molecular complexity index is 825. The van der Waals surface area contributed by atoms with Crippen LogP contribution in [0.4, 0.5) is 0 Å². The predicted molar refractivity (Wildman–Crippen MR) is 110 cm³/mol. The minimum atomic E-state index is -1.11. The SMILES string of the molecule is COC(=O)C1CCC(Br)=CC1=NC(O)c1sc2c(c1Cl)C(C)(C)CC=C2. The van der Waals surface area contributed by atoms with Crippen molar-refractivity contribution in [2.75, 3.05) is 7.11 Å². The summed E-state index contributed by atoms with van der Waals surface area (Å²) in [4.78, 5) is 18.2. The second-order valence-corrected chi connectivity index (χ2v) is 9.62. The summed E-state index contributed by atoms with van der Waals surface area (Å²) < 4.78 is 5.83. The van der Waals surface area contributed by atoms with Gasteiger partial charge in [-0.2, -0.15) is 0 Å². The predicted octanol–water partition coefficient (Wildman–Crippen LogP) is 5.39. The summed E-state index contributed by atoms with van der Waals surface area (Å²) in [5.41, 5.74) is 1.50. The number of carbonyl (C=O) groups is 1. The quantitative estimate of drug-likeness (QED) is 0.618. The fraction of sp³-hybridized carbons (Fsp3) is 0.474. The molecule has 7 heteroatoms. The molecule has 0 spiro atoms. The lowest BCUT2D eigenvalue weighted by molar-refractivity contribution is -0.143. The molecule has 0 fully saturated rings. The average Bonchev–Trinajstić information content (AvgIpc) is 2.92. The number of carbonyl (C=O) groups excluding carboxylic acids is 1. The molecular formula is C19H21BrClNO3S. The van der Waals surface area contributed by atoms with E-state index >= 15 is 0 Å². The molecule has 0 saturated carbocycles. The Labute approximate surface area is 170 Å². The number of hydrogen-bond acceptors (Lipinski definition) is 5. The van der Waals surface area contributed by atoms with Crippen LogP contribution in [0.25, 0.3) is 6.08 Å². The van der Waals surface area contributed by atoms with Crippen LogP contribution >= 0.6 is 38.9 Å². The zero-order valence-corrected chi connectivity index (χ0v) is 18.0. The summed E-state index contributed by atoms with van der Waals surface area (Å²) >= 11 is 11.5. The van der Waals surface area contributed by atoms with Crippen molar-refractivity contribution >= 4 is 56.6 Å². The molecular weight excluding hydrogens is 438 g/mol. The molecule has 0 aromatic carbocycles. The molecule has 1 heterocycles. The number of ether oxygens (including phenoxy) is 1. The van der Waals surface area contributed by atoms with Crippen LogP contribution in [-0.2, 0) is 14.9 Å². The molecule has 0 bridgehead atoms. The van der Waals surface area contributed by atoms with E-state index in [-0.39, 0.29) is 11.4 Å². The number of halogens is 2. The average molecular weight is 459 g/mol. The van der Waals surface area contributed by atoms with Crippen LogP contribution in [0.1, 0.15) is 54.7 Å². The van der Waals surface area contributed by atoms with Crippen molar-refractivity contribution < 1.29 is 14.6 Å². The van der Waals surface area contributed by atoms with Gasteiger partial charge in [-0.25, -0.2) is 0 Å². The molecule has 2 atom stereocenters. The van der Waals surface area contributed by atoms with Crippen molar-refractivity contribution in [1.82, 2.24) is 0 Å². The van der Waals surface area contributed by atoms with Gasteiger partial charge in [-0.3, -0.25) is 9.79 Å². The largest absolute Gasteiger partial charge is 0.469 e. The number of esters is 1. The van der Waals surface area contributed by atoms with Crippen LogP contribution in [0.3, 0.4) is 0 Å². The molecule has 140 valence electrons. The Morgan fingerprint density at radius 3 is 2.92 bits per heavy atom. The Balaban J connectivity index is 1.99. The second kappa shape index (κ2) is 7.58. The first-order chi connectivity index (χ1) is 12.2. The van der Waals surface area contributed by atoms with E-state index < -0.39 is 12.1 Å². The molecule has 2 aliphatic carbocycles. The number of aliphatic imine (C=N–C) groups is 1. The van der Waals surface area contributed by atoms with Gasteiger partial charge in [-0.1, -0.05) is 47.5 Å². The van der Waals surface area contributed by atoms with E-state index in [0.29, 0.717) is 22.0 Å². The third kappa shape index (κ3) is 3.70. The first kappa shape index (κ1) is 19.8. The van der Waals surface area contributed by atoms with Crippen molar-refractivity contribution in [3.05, 3.63) is 37.0 Å². The topological polar surface area (TPSA) is 58.9 Å². The lowest BCUT2D eigenvalue weighted by Crippen LogP contribution is -2.27. The number of hydrogen-bond donors (Lipinski definition) is 1. The van der Waals surface area contributed by atoms with Crippen molar-refractivity contribution in [2.24, 2.45) is 10.9 Å². The van der Waals surface area contributed by atoms with Gasteiger partial charge in [0.25, 0.3) is 0 Å². The molecule has 0 radical (unpaired) electrons. The van der Waals surface area contributed by atoms with Crippen molar-refractivity contribution in [2.45, 2.75) is 44.8 Å². The van der Waals surface area contributed by atoms with E-state index in [2.05, 4.69) is 46.9 Å². The highest BCUT2D eigenvalue weighted by Crippen LogP contribution is 2.47. The van der Waals surface area contributed by atoms with Gasteiger partial charge in [0.1, 0.15) is 0 Å². The Hall–Kier alpha value is -0.950. The van der Waals surface area contributed by atoms with Crippen LogP contribution in [0.5, 0.6) is 0 Å². The van der Waals surface area contributed by atoms with Crippen molar-refractivity contribution in [3.63, 3.8) is 0 Å². The number of methoxy groups -OCH3 is 1. The number of nitrogens with zero attached hydrogens (tertiary/aromatic N) is 1. The van der Waals surface area contributed by atoms with Gasteiger partial charge < -0.3 is 9.84 Å². The molecule has 0 saturated heterocycles. The molecule has 1 aromatic rings. The van der Waals surface area contributed by atoms with Crippen LogP contribution in [0, 0.1) is 5.92 Å². The molecule has 0 aliphatic heterocycles. The standard InChI is InChI=1S/C19H21BrClNO3S/c1-19(2)8-4-5-13-14(19)15(21)16(26-13)17(23)22-12-9-10(20)6-7-11(12)18(24)25-3/h4-5,9,11,17,23H,6-8H2,1-3H3.